The molecule has 2 rings (SSSR count). The number of carbonyl (C=O) groups excluding carboxylic acids is 1. The van der Waals surface area contributed by atoms with Crippen molar-refractivity contribution in [3.05, 3.63) is 23.1 Å². The topological polar surface area (TPSA) is 61.8 Å². The zero-order valence-electron chi connectivity index (χ0n) is 7.60. The van der Waals surface area contributed by atoms with Crippen molar-refractivity contribution < 1.29 is 4.79 Å². The molecular formula is C9H9N3O2. The number of rotatable bonds is 2. The normalized spacial score (nSPS) is 18.6. The third kappa shape index (κ3) is 1.14. The quantitative estimate of drug-likeness (QED) is 0.568. The van der Waals surface area contributed by atoms with Crippen LogP contribution in [0.4, 0.5) is 17.1 Å². The molecule has 0 aliphatic carbocycles. The first-order valence-electron chi connectivity index (χ1n) is 4.18. The van der Waals surface area contributed by atoms with Crippen LogP contribution in [0, 0.1) is 4.91 Å². The fraction of sp³-hybridized carbons (Fsp3) is 0.222. The van der Waals surface area contributed by atoms with E-state index in [1.165, 1.54) is 0 Å². The number of nitrogens with zero attached hydrogens (tertiary/aromatic N) is 2. The summed E-state index contributed by atoms with van der Waals surface area (Å²) >= 11 is 0. The van der Waals surface area contributed by atoms with E-state index in [1.807, 2.05) is 7.05 Å². The summed E-state index contributed by atoms with van der Waals surface area (Å²) in [5.41, 5.74) is 2.02. The highest BCUT2D eigenvalue weighted by Gasteiger charge is 2.24. The molecule has 0 spiro atoms. The lowest BCUT2D eigenvalue weighted by atomic mass is 10.2. The molecule has 5 nitrogen and oxygen atoms in total. The number of hydrogen-bond acceptors (Lipinski definition) is 5. The largest absolute Gasteiger partial charge is 0.358 e. The van der Waals surface area contributed by atoms with Crippen LogP contribution < -0.4 is 10.2 Å². The van der Waals surface area contributed by atoms with Gasteiger partial charge in [-0.3, -0.25) is 4.79 Å². The molecule has 0 saturated carbocycles. The van der Waals surface area contributed by atoms with Crippen LogP contribution in [0.5, 0.6) is 0 Å². The Hall–Kier alpha value is -1.91. The first kappa shape index (κ1) is 8.68. The van der Waals surface area contributed by atoms with Crippen LogP contribution in [0.15, 0.2) is 23.4 Å². The summed E-state index contributed by atoms with van der Waals surface area (Å²) < 4.78 is 0. The average molecular weight is 191 g/mol. The second-order valence-electron chi connectivity index (χ2n) is 3.13. The third-order valence-electron chi connectivity index (χ3n) is 2.32. The van der Waals surface area contributed by atoms with Crippen molar-refractivity contribution in [1.82, 2.24) is 0 Å². The van der Waals surface area contributed by atoms with Gasteiger partial charge in [0.2, 0.25) is 0 Å². The molecule has 1 aromatic rings. The van der Waals surface area contributed by atoms with Crippen LogP contribution >= 0.6 is 0 Å². The van der Waals surface area contributed by atoms with Crippen LogP contribution in [-0.4, -0.2) is 19.5 Å². The molecule has 1 N–H and O–H groups in total. The summed E-state index contributed by atoms with van der Waals surface area (Å²) in [4.78, 5) is 22.7. The second kappa shape index (κ2) is 3.10. The first-order chi connectivity index (χ1) is 6.76. The first-order valence-corrected chi connectivity index (χ1v) is 4.18. The molecule has 14 heavy (non-hydrogen) atoms. The standard InChI is InChI=1S/C9H9N3O2/c1-12-8-3-2-6(11-14)4-7(8)10-9(12)5-13/h2-5,9-10H,1H3. The smallest absolute Gasteiger partial charge is 0.162 e. The number of likely N-dealkylation sites (N-methyl/N-ethyl adjacent to an activating group) is 1. The van der Waals surface area contributed by atoms with E-state index >= 15 is 0 Å². The SMILES string of the molecule is CN1c2ccc(N=O)cc2NC1C=O. The van der Waals surface area contributed by atoms with Gasteiger partial charge in [0, 0.05) is 7.05 Å². The van der Waals surface area contributed by atoms with Gasteiger partial charge in [-0.15, -0.1) is 4.91 Å². The molecule has 0 amide bonds. The molecule has 1 unspecified atom stereocenters. The molecule has 1 heterocycles. The van der Waals surface area contributed by atoms with E-state index in [2.05, 4.69) is 10.5 Å². The zero-order chi connectivity index (χ0) is 10.1. The molecule has 1 aliphatic heterocycles. The highest BCUT2D eigenvalue weighted by molar-refractivity contribution is 5.85. The summed E-state index contributed by atoms with van der Waals surface area (Å²) in [7, 11) is 1.81. The molecule has 1 atom stereocenters. The molecule has 72 valence electrons. The van der Waals surface area contributed by atoms with Gasteiger partial charge < -0.3 is 10.2 Å². The third-order valence-corrected chi connectivity index (χ3v) is 2.32. The number of fused-ring (bicyclic) bond motifs is 1. The number of carbonyl (C=O) groups is 1. The van der Waals surface area contributed by atoms with E-state index in [9.17, 15) is 9.70 Å². The lowest BCUT2D eigenvalue weighted by Gasteiger charge is -2.15. The summed E-state index contributed by atoms with van der Waals surface area (Å²) in [6.45, 7) is 0. The van der Waals surface area contributed by atoms with Gasteiger partial charge in [-0.2, -0.15) is 0 Å². The van der Waals surface area contributed by atoms with E-state index in [1.54, 1.807) is 23.1 Å². The van der Waals surface area contributed by atoms with Gasteiger partial charge in [-0.25, -0.2) is 0 Å². The van der Waals surface area contributed by atoms with Crippen LogP contribution in [0.25, 0.3) is 0 Å². The maximum absolute atomic E-state index is 10.7. The van der Waals surface area contributed by atoms with Crippen molar-refractivity contribution in [1.29, 1.82) is 0 Å². The minimum atomic E-state index is -0.355. The number of nitroso groups, excluding NO2 is 1. The number of anilines is 2. The van der Waals surface area contributed by atoms with Gasteiger partial charge in [0.1, 0.15) is 5.69 Å². The monoisotopic (exact) mass is 191 g/mol. The van der Waals surface area contributed by atoms with E-state index in [0.717, 1.165) is 17.7 Å². The maximum atomic E-state index is 10.7. The van der Waals surface area contributed by atoms with E-state index in [-0.39, 0.29) is 6.17 Å². The molecule has 5 heteroatoms. The predicted octanol–water partition coefficient (Wildman–Crippen LogP) is 1.47. The molecule has 1 aromatic carbocycles. The Kier molecular flexibility index (Phi) is 1.92. The molecule has 0 saturated heterocycles. The minimum Gasteiger partial charge on any atom is -0.358 e. The van der Waals surface area contributed by atoms with Gasteiger partial charge in [-0.05, 0) is 23.4 Å². The molecule has 1 aliphatic rings. The fourth-order valence-electron chi connectivity index (χ4n) is 1.54. The van der Waals surface area contributed by atoms with Gasteiger partial charge in [-0.1, -0.05) is 0 Å². The van der Waals surface area contributed by atoms with Crippen molar-refractivity contribution in [3.8, 4) is 0 Å². The molecule has 0 aromatic heterocycles. The minimum absolute atomic E-state index is 0.355. The van der Waals surface area contributed by atoms with Crippen molar-refractivity contribution in [2.75, 3.05) is 17.3 Å². The van der Waals surface area contributed by atoms with E-state index in [0.29, 0.717) is 5.69 Å². The number of nitrogens with one attached hydrogen (secondary N) is 1. The highest BCUT2D eigenvalue weighted by atomic mass is 16.3. The van der Waals surface area contributed by atoms with Crippen molar-refractivity contribution >= 4 is 23.3 Å². The van der Waals surface area contributed by atoms with Crippen LogP contribution in [0.2, 0.25) is 0 Å². The average Bonchev–Trinajstić information content (AvgIpc) is 2.55. The Labute approximate surface area is 80.7 Å². The highest BCUT2D eigenvalue weighted by Crippen LogP contribution is 2.35. The molecule has 0 radical (unpaired) electrons. The van der Waals surface area contributed by atoms with Gasteiger partial charge in [0.05, 0.1) is 11.4 Å². The Morgan fingerprint density at radius 3 is 3.00 bits per heavy atom. The molecule has 0 fully saturated rings. The number of hydrogen-bond donors (Lipinski definition) is 1. The summed E-state index contributed by atoms with van der Waals surface area (Å²) in [6, 6.07) is 5.02. The summed E-state index contributed by atoms with van der Waals surface area (Å²) in [6.07, 6.45) is 0.459. The van der Waals surface area contributed by atoms with Gasteiger partial charge in [0.25, 0.3) is 0 Å². The summed E-state index contributed by atoms with van der Waals surface area (Å²) in [5.74, 6) is 0. The van der Waals surface area contributed by atoms with Crippen LogP contribution in [-0.2, 0) is 4.79 Å². The molecular weight excluding hydrogens is 182 g/mol. The van der Waals surface area contributed by atoms with Crippen LogP contribution in [0.3, 0.4) is 0 Å². The van der Waals surface area contributed by atoms with Crippen molar-refractivity contribution in [2.24, 2.45) is 5.18 Å². The lowest BCUT2D eigenvalue weighted by molar-refractivity contribution is -0.108. The zero-order valence-corrected chi connectivity index (χ0v) is 7.60. The Morgan fingerprint density at radius 1 is 1.57 bits per heavy atom. The lowest BCUT2D eigenvalue weighted by Crippen LogP contribution is -2.33. The Morgan fingerprint density at radius 2 is 2.36 bits per heavy atom. The van der Waals surface area contributed by atoms with Gasteiger partial charge >= 0.3 is 0 Å². The Balaban J connectivity index is 2.43. The van der Waals surface area contributed by atoms with Gasteiger partial charge in [0.15, 0.2) is 12.5 Å². The summed E-state index contributed by atoms with van der Waals surface area (Å²) in [5, 5.41) is 5.79. The fourth-order valence-corrected chi connectivity index (χ4v) is 1.54. The molecule has 0 bridgehead atoms. The van der Waals surface area contributed by atoms with Crippen LogP contribution in [0.1, 0.15) is 0 Å². The van der Waals surface area contributed by atoms with E-state index in [4.69, 9.17) is 0 Å². The second-order valence-corrected chi connectivity index (χ2v) is 3.13. The van der Waals surface area contributed by atoms with Crippen molar-refractivity contribution in [2.45, 2.75) is 6.17 Å². The maximum Gasteiger partial charge on any atom is 0.162 e. The number of benzene rings is 1. The number of aldehydes is 1. The van der Waals surface area contributed by atoms with E-state index < -0.39 is 0 Å². The predicted molar refractivity (Wildman–Crippen MR) is 53.8 cm³/mol. The Bertz CT molecular complexity index is 392. The van der Waals surface area contributed by atoms with Crippen molar-refractivity contribution in [3.63, 3.8) is 0 Å².